The van der Waals surface area contributed by atoms with E-state index in [9.17, 15) is 5.11 Å². The normalized spacial score (nSPS) is 12.8. The molecule has 0 fully saturated rings. The van der Waals surface area contributed by atoms with Crippen molar-refractivity contribution in [2.24, 2.45) is 0 Å². The predicted molar refractivity (Wildman–Crippen MR) is 91.6 cm³/mol. The number of rotatable bonds is 11. The molecule has 0 spiro atoms. The minimum Gasteiger partial charge on any atom is -0.388 e. The van der Waals surface area contributed by atoms with Crippen LogP contribution in [0.1, 0.15) is 69.6 Å². The Morgan fingerprint density at radius 3 is 2.14 bits per heavy atom. The Labute approximate surface area is 131 Å². The van der Waals surface area contributed by atoms with Gasteiger partial charge < -0.3 is 10.0 Å². The van der Waals surface area contributed by atoms with E-state index in [4.69, 9.17) is 0 Å². The Bertz CT molecular complexity index is 360. The molecule has 1 rings (SSSR count). The fourth-order valence-corrected chi connectivity index (χ4v) is 2.56. The molecule has 0 aliphatic heterocycles. The molecule has 0 radical (unpaired) electrons. The van der Waals surface area contributed by atoms with Crippen LogP contribution in [0.4, 0.5) is 0 Å². The lowest BCUT2D eigenvalue weighted by atomic mass is 10.0. The Morgan fingerprint density at radius 1 is 0.905 bits per heavy atom. The van der Waals surface area contributed by atoms with Gasteiger partial charge in [-0.3, -0.25) is 0 Å². The first-order valence-corrected chi connectivity index (χ1v) is 8.64. The molecule has 120 valence electrons. The minimum absolute atomic E-state index is 0.332. The quantitative estimate of drug-likeness (QED) is 0.597. The van der Waals surface area contributed by atoms with E-state index in [1.807, 2.05) is 12.1 Å². The van der Waals surface area contributed by atoms with E-state index < -0.39 is 0 Å². The average molecular weight is 291 g/mol. The third-order valence-electron chi connectivity index (χ3n) is 4.09. The number of aryl methyl sites for hydroxylation is 1. The summed E-state index contributed by atoms with van der Waals surface area (Å²) in [5, 5.41) is 10.3. The lowest BCUT2D eigenvalue weighted by Crippen LogP contribution is -2.28. The number of unbranched alkanes of at least 4 members (excludes halogenated alkanes) is 3. The highest BCUT2D eigenvalue weighted by Crippen LogP contribution is 2.18. The van der Waals surface area contributed by atoms with Crippen molar-refractivity contribution in [3.05, 3.63) is 35.4 Å². The van der Waals surface area contributed by atoms with E-state index in [2.05, 4.69) is 37.8 Å². The molecule has 1 unspecified atom stereocenters. The molecule has 0 saturated carbocycles. The molecule has 2 heteroatoms. The summed E-state index contributed by atoms with van der Waals surface area (Å²) in [5.41, 5.74) is 2.29. The molecule has 1 aromatic rings. The summed E-state index contributed by atoms with van der Waals surface area (Å²) in [5.74, 6) is 0. The van der Waals surface area contributed by atoms with Crippen molar-refractivity contribution in [2.45, 2.75) is 65.4 Å². The van der Waals surface area contributed by atoms with Gasteiger partial charge in [-0.25, -0.2) is 0 Å². The molecule has 0 saturated heterocycles. The molecular weight excluding hydrogens is 258 g/mol. The molecule has 0 aliphatic carbocycles. The second-order valence-corrected chi connectivity index (χ2v) is 6.12. The van der Waals surface area contributed by atoms with Gasteiger partial charge in [0.05, 0.1) is 6.10 Å². The van der Waals surface area contributed by atoms with Gasteiger partial charge in [-0.1, -0.05) is 62.9 Å². The highest BCUT2D eigenvalue weighted by Gasteiger charge is 2.10. The maximum atomic E-state index is 10.3. The molecule has 1 aromatic carbocycles. The maximum absolute atomic E-state index is 10.3. The number of hydrogen-bond acceptors (Lipinski definition) is 2. The fourth-order valence-electron chi connectivity index (χ4n) is 2.56. The molecule has 1 atom stereocenters. The Hall–Kier alpha value is -0.860. The van der Waals surface area contributed by atoms with Crippen molar-refractivity contribution in [3.8, 4) is 0 Å². The number of aliphatic hydroxyl groups excluding tert-OH is 1. The van der Waals surface area contributed by atoms with Gasteiger partial charge in [0, 0.05) is 6.54 Å². The first-order valence-electron chi connectivity index (χ1n) is 8.64. The third-order valence-corrected chi connectivity index (χ3v) is 4.09. The van der Waals surface area contributed by atoms with Crippen LogP contribution in [0.25, 0.3) is 0 Å². The van der Waals surface area contributed by atoms with Crippen molar-refractivity contribution < 1.29 is 5.11 Å². The van der Waals surface area contributed by atoms with Crippen molar-refractivity contribution in [1.82, 2.24) is 4.90 Å². The summed E-state index contributed by atoms with van der Waals surface area (Å²) < 4.78 is 0. The highest BCUT2D eigenvalue weighted by atomic mass is 16.3. The van der Waals surface area contributed by atoms with Gasteiger partial charge in [0.2, 0.25) is 0 Å². The standard InChI is InChI=1S/C19H33NO/c1-4-6-8-15-20(14-7-5-2)16-13-19(21)18-11-9-17(3)10-12-18/h9-12,19,21H,4-8,13-16H2,1-3H3. The largest absolute Gasteiger partial charge is 0.388 e. The summed E-state index contributed by atoms with van der Waals surface area (Å²) in [7, 11) is 0. The molecule has 0 heterocycles. The number of aliphatic hydroxyl groups is 1. The van der Waals surface area contributed by atoms with E-state index in [0.717, 1.165) is 18.5 Å². The molecular formula is C19H33NO. The predicted octanol–water partition coefficient (Wildman–Crippen LogP) is 4.71. The van der Waals surface area contributed by atoms with Crippen LogP contribution in [0.15, 0.2) is 24.3 Å². The van der Waals surface area contributed by atoms with E-state index >= 15 is 0 Å². The Morgan fingerprint density at radius 2 is 1.52 bits per heavy atom. The summed E-state index contributed by atoms with van der Waals surface area (Å²) >= 11 is 0. The van der Waals surface area contributed by atoms with Gasteiger partial charge in [-0.05, 0) is 44.8 Å². The van der Waals surface area contributed by atoms with Crippen molar-refractivity contribution in [2.75, 3.05) is 19.6 Å². The molecule has 0 aliphatic rings. The lowest BCUT2D eigenvalue weighted by Gasteiger charge is -2.23. The number of nitrogens with zero attached hydrogens (tertiary/aromatic N) is 1. The molecule has 21 heavy (non-hydrogen) atoms. The van der Waals surface area contributed by atoms with Crippen LogP contribution in [0.5, 0.6) is 0 Å². The zero-order valence-electron chi connectivity index (χ0n) is 14.1. The van der Waals surface area contributed by atoms with Gasteiger partial charge in [0.15, 0.2) is 0 Å². The fraction of sp³-hybridized carbons (Fsp3) is 0.684. The van der Waals surface area contributed by atoms with Gasteiger partial charge in [0.1, 0.15) is 0 Å². The summed E-state index contributed by atoms with van der Waals surface area (Å²) in [6, 6.07) is 8.25. The average Bonchev–Trinajstić information content (AvgIpc) is 2.50. The first kappa shape index (κ1) is 18.2. The highest BCUT2D eigenvalue weighted by molar-refractivity contribution is 5.22. The van der Waals surface area contributed by atoms with Crippen molar-refractivity contribution >= 4 is 0 Å². The van der Waals surface area contributed by atoms with Crippen LogP contribution < -0.4 is 0 Å². The second-order valence-electron chi connectivity index (χ2n) is 6.12. The Kier molecular flexibility index (Phi) is 9.36. The first-order chi connectivity index (χ1) is 10.2. The molecule has 0 aromatic heterocycles. The maximum Gasteiger partial charge on any atom is 0.0802 e. The second kappa shape index (κ2) is 10.8. The smallest absolute Gasteiger partial charge is 0.0802 e. The lowest BCUT2D eigenvalue weighted by molar-refractivity contribution is 0.140. The van der Waals surface area contributed by atoms with Crippen LogP contribution in [-0.4, -0.2) is 29.6 Å². The van der Waals surface area contributed by atoms with Crippen molar-refractivity contribution in [3.63, 3.8) is 0 Å². The van der Waals surface area contributed by atoms with E-state index in [0.29, 0.717) is 0 Å². The zero-order valence-corrected chi connectivity index (χ0v) is 14.1. The van der Waals surface area contributed by atoms with Gasteiger partial charge >= 0.3 is 0 Å². The molecule has 0 amide bonds. The van der Waals surface area contributed by atoms with E-state index in [1.54, 1.807) is 0 Å². The van der Waals surface area contributed by atoms with Gasteiger partial charge in [0.25, 0.3) is 0 Å². The zero-order chi connectivity index (χ0) is 15.5. The van der Waals surface area contributed by atoms with Crippen LogP contribution >= 0.6 is 0 Å². The molecule has 2 nitrogen and oxygen atoms in total. The van der Waals surface area contributed by atoms with Gasteiger partial charge in [-0.15, -0.1) is 0 Å². The molecule has 1 N–H and O–H groups in total. The SMILES string of the molecule is CCCCCN(CCCC)CCC(O)c1ccc(C)cc1. The van der Waals surface area contributed by atoms with E-state index in [-0.39, 0.29) is 6.10 Å². The summed E-state index contributed by atoms with van der Waals surface area (Å²) in [4.78, 5) is 2.52. The van der Waals surface area contributed by atoms with Crippen LogP contribution in [0.2, 0.25) is 0 Å². The topological polar surface area (TPSA) is 23.5 Å². The third kappa shape index (κ3) is 7.63. The summed E-state index contributed by atoms with van der Waals surface area (Å²) in [6.45, 7) is 9.91. The van der Waals surface area contributed by atoms with Crippen LogP contribution in [0.3, 0.4) is 0 Å². The monoisotopic (exact) mass is 291 g/mol. The molecule has 0 bridgehead atoms. The minimum atomic E-state index is -0.332. The van der Waals surface area contributed by atoms with E-state index in [1.165, 1.54) is 50.8 Å². The van der Waals surface area contributed by atoms with Crippen LogP contribution in [-0.2, 0) is 0 Å². The number of hydrogen-bond donors (Lipinski definition) is 1. The summed E-state index contributed by atoms with van der Waals surface area (Å²) in [6.07, 6.45) is 6.86. The Balaban J connectivity index is 2.40. The van der Waals surface area contributed by atoms with Crippen LogP contribution in [0, 0.1) is 6.92 Å². The van der Waals surface area contributed by atoms with Crippen molar-refractivity contribution in [1.29, 1.82) is 0 Å². The van der Waals surface area contributed by atoms with Gasteiger partial charge in [-0.2, -0.15) is 0 Å². The number of benzene rings is 1.